The summed E-state index contributed by atoms with van der Waals surface area (Å²) >= 11 is 0. The van der Waals surface area contributed by atoms with Crippen molar-refractivity contribution in [3.63, 3.8) is 0 Å². The van der Waals surface area contributed by atoms with Gasteiger partial charge in [-0.2, -0.15) is 0 Å². The molecule has 0 radical (unpaired) electrons. The first kappa shape index (κ1) is 15.4. The number of imide groups is 1. The highest BCUT2D eigenvalue weighted by Gasteiger charge is 2.52. The monoisotopic (exact) mass is 318 g/mol. The van der Waals surface area contributed by atoms with Gasteiger partial charge < -0.3 is 5.11 Å². The minimum Gasteiger partial charge on any atom is -0.393 e. The van der Waals surface area contributed by atoms with Gasteiger partial charge in [-0.1, -0.05) is 17.1 Å². The highest BCUT2D eigenvalue weighted by molar-refractivity contribution is 6.19. The Morgan fingerprint density at radius 1 is 1.43 bits per heavy atom. The molecule has 1 unspecified atom stereocenters. The summed E-state index contributed by atoms with van der Waals surface area (Å²) in [6.07, 6.45) is 5.41. The van der Waals surface area contributed by atoms with Gasteiger partial charge in [0.25, 0.3) is 5.91 Å². The highest BCUT2D eigenvalue weighted by Crippen LogP contribution is 2.28. The van der Waals surface area contributed by atoms with Gasteiger partial charge in [-0.3, -0.25) is 14.6 Å². The van der Waals surface area contributed by atoms with Gasteiger partial charge >= 0.3 is 12.0 Å². The number of carbonyl (C=O) groups excluding carboxylic acids is 2. The van der Waals surface area contributed by atoms with Crippen LogP contribution in [0.4, 0.5) is 10.7 Å². The van der Waals surface area contributed by atoms with E-state index in [0.717, 1.165) is 5.69 Å². The third kappa shape index (κ3) is 2.17. The number of hydrogen-bond donors (Lipinski definition) is 1. The van der Waals surface area contributed by atoms with E-state index in [9.17, 15) is 14.7 Å². The van der Waals surface area contributed by atoms with Crippen molar-refractivity contribution in [3.8, 4) is 0 Å². The van der Waals surface area contributed by atoms with E-state index in [-0.39, 0.29) is 25.1 Å². The SMILES string of the molecule is C/C=C/CN1C(=O)C2C(=Nc3n(CCO)c(C)c[n+]32)N(C)C1=O. The van der Waals surface area contributed by atoms with Crippen LogP contribution in [0.1, 0.15) is 18.7 Å². The number of hydrogen-bond acceptors (Lipinski definition) is 4. The number of rotatable bonds is 4. The maximum Gasteiger partial charge on any atom is 0.402 e. The number of amides is 3. The highest BCUT2D eigenvalue weighted by atomic mass is 16.3. The van der Waals surface area contributed by atoms with Crippen LogP contribution in [0.25, 0.3) is 0 Å². The van der Waals surface area contributed by atoms with Crippen molar-refractivity contribution in [3.05, 3.63) is 24.0 Å². The van der Waals surface area contributed by atoms with Crippen LogP contribution in [0.3, 0.4) is 0 Å². The second-order valence-electron chi connectivity index (χ2n) is 5.59. The molecule has 2 aliphatic heterocycles. The number of aryl methyl sites for hydroxylation is 1. The number of aliphatic hydroxyl groups is 1. The zero-order valence-electron chi connectivity index (χ0n) is 13.4. The van der Waals surface area contributed by atoms with Crippen molar-refractivity contribution in [2.24, 2.45) is 4.99 Å². The fourth-order valence-corrected chi connectivity index (χ4v) is 2.99. The van der Waals surface area contributed by atoms with E-state index in [1.165, 1.54) is 9.80 Å². The fourth-order valence-electron chi connectivity index (χ4n) is 2.99. The molecule has 8 nitrogen and oxygen atoms in total. The summed E-state index contributed by atoms with van der Waals surface area (Å²) in [7, 11) is 1.62. The quantitative estimate of drug-likeness (QED) is 0.633. The molecule has 0 aromatic carbocycles. The van der Waals surface area contributed by atoms with Gasteiger partial charge in [0.05, 0.1) is 13.2 Å². The van der Waals surface area contributed by atoms with E-state index in [0.29, 0.717) is 18.3 Å². The molecule has 8 heteroatoms. The molecule has 3 amide bonds. The molecular formula is C15H20N5O3+. The number of aromatic nitrogens is 2. The molecule has 1 N–H and O–H groups in total. The normalized spacial score (nSPS) is 20.3. The summed E-state index contributed by atoms with van der Waals surface area (Å²) in [6, 6.07) is -1.00. The van der Waals surface area contributed by atoms with Gasteiger partial charge in [0.1, 0.15) is 11.9 Å². The third-order valence-corrected chi connectivity index (χ3v) is 4.17. The van der Waals surface area contributed by atoms with Gasteiger partial charge in [0.2, 0.25) is 11.9 Å². The second kappa shape index (κ2) is 5.62. The Morgan fingerprint density at radius 2 is 2.17 bits per heavy atom. The number of allylic oxidation sites excluding steroid dienone is 1. The predicted octanol–water partition coefficient (Wildman–Crippen LogP) is 0.131. The maximum atomic E-state index is 12.8. The fraction of sp³-hybridized carbons (Fsp3) is 0.467. The van der Waals surface area contributed by atoms with E-state index >= 15 is 0 Å². The summed E-state index contributed by atoms with van der Waals surface area (Å²) in [6.45, 7) is 4.36. The lowest BCUT2D eigenvalue weighted by molar-refractivity contribution is -0.677. The molecule has 1 aromatic rings. The number of likely N-dealkylation sites (N-methyl/N-ethyl adjacent to an activating group) is 1. The van der Waals surface area contributed by atoms with Crippen LogP contribution >= 0.6 is 0 Å². The number of aliphatic imine (C=N–C) groups is 1. The number of carbonyl (C=O) groups is 2. The van der Waals surface area contributed by atoms with Crippen LogP contribution in [0.15, 0.2) is 23.3 Å². The second-order valence-corrected chi connectivity index (χ2v) is 5.59. The molecular weight excluding hydrogens is 298 g/mol. The van der Waals surface area contributed by atoms with Crippen molar-refractivity contribution in [2.45, 2.75) is 26.4 Å². The lowest BCUT2D eigenvalue weighted by atomic mass is 10.1. The Bertz CT molecular complexity index is 734. The Morgan fingerprint density at radius 3 is 2.83 bits per heavy atom. The van der Waals surface area contributed by atoms with Crippen LogP contribution in [-0.4, -0.2) is 57.4 Å². The summed E-state index contributed by atoms with van der Waals surface area (Å²) in [5.41, 5.74) is 0.907. The van der Waals surface area contributed by atoms with Crippen LogP contribution in [0, 0.1) is 6.92 Å². The topological polar surface area (TPSA) is 82.0 Å². The van der Waals surface area contributed by atoms with Crippen LogP contribution in [-0.2, 0) is 11.3 Å². The van der Waals surface area contributed by atoms with Crippen molar-refractivity contribution < 1.29 is 19.3 Å². The van der Waals surface area contributed by atoms with Crippen molar-refractivity contribution >= 4 is 23.7 Å². The van der Waals surface area contributed by atoms with E-state index < -0.39 is 6.04 Å². The molecule has 1 saturated heterocycles. The number of urea groups is 1. The zero-order chi connectivity index (χ0) is 16.7. The first-order valence-corrected chi connectivity index (χ1v) is 7.52. The molecule has 1 aromatic heterocycles. The number of imidazole rings is 1. The van der Waals surface area contributed by atoms with Gasteiger partial charge in [0, 0.05) is 13.6 Å². The Balaban J connectivity index is 2.06. The van der Waals surface area contributed by atoms with Crippen LogP contribution < -0.4 is 4.57 Å². The van der Waals surface area contributed by atoms with Gasteiger partial charge in [-0.15, -0.1) is 0 Å². The Kier molecular flexibility index (Phi) is 3.77. The minimum atomic E-state index is -0.628. The maximum absolute atomic E-state index is 12.8. The first-order chi connectivity index (χ1) is 11.0. The predicted molar refractivity (Wildman–Crippen MR) is 82.3 cm³/mol. The van der Waals surface area contributed by atoms with Gasteiger partial charge in [-0.25, -0.2) is 13.9 Å². The van der Waals surface area contributed by atoms with Crippen molar-refractivity contribution in [1.29, 1.82) is 0 Å². The first-order valence-electron chi connectivity index (χ1n) is 7.52. The molecule has 0 bridgehead atoms. The Hall–Kier alpha value is -2.48. The molecule has 3 rings (SSSR count). The summed E-state index contributed by atoms with van der Waals surface area (Å²) in [4.78, 5) is 32.3. The summed E-state index contributed by atoms with van der Waals surface area (Å²) in [5, 5.41) is 9.21. The number of amidine groups is 1. The van der Waals surface area contributed by atoms with E-state index in [1.807, 2.05) is 24.6 Å². The lowest BCUT2D eigenvalue weighted by Gasteiger charge is -2.32. The minimum absolute atomic E-state index is 0.0197. The molecule has 0 spiro atoms. The molecule has 1 fully saturated rings. The number of aliphatic hydroxyl groups excluding tert-OH is 1. The molecule has 0 aliphatic carbocycles. The summed E-state index contributed by atoms with van der Waals surface area (Å²) in [5.74, 6) is 0.727. The van der Waals surface area contributed by atoms with Crippen LogP contribution in [0.2, 0.25) is 0 Å². The van der Waals surface area contributed by atoms with Gasteiger partial charge in [0.15, 0.2) is 0 Å². The molecule has 23 heavy (non-hydrogen) atoms. The molecule has 3 heterocycles. The van der Waals surface area contributed by atoms with Crippen molar-refractivity contribution in [2.75, 3.05) is 20.2 Å². The molecule has 0 saturated carbocycles. The van der Waals surface area contributed by atoms with Crippen molar-refractivity contribution in [1.82, 2.24) is 14.4 Å². The average molecular weight is 318 g/mol. The standard InChI is InChI=1S/C15H20N5O3/c1-4-5-6-19-13(22)11-12(17(3)15(19)23)16-14-18(7-8-21)10(2)9-20(11)14/h4-5,9,11,21H,6-8H2,1-3H3/q+1/b5-4+. The smallest absolute Gasteiger partial charge is 0.393 e. The average Bonchev–Trinajstić information content (AvgIpc) is 3.02. The number of fused-ring (bicyclic) bond motifs is 3. The van der Waals surface area contributed by atoms with E-state index in [4.69, 9.17) is 0 Å². The molecule has 2 aliphatic rings. The molecule has 1 atom stereocenters. The Labute approximate surface area is 133 Å². The molecule has 122 valence electrons. The lowest BCUT2D eigenvalue weighted by Crippen LogP contribution is -2.62. The van der Waals surface area contributed by atoms with Crippen LogP contribution in [0.5, 0.6) is 0 Å². The van der Waals surface area contributed by atoms with E-state index in [2.05, 4.69) is 4.99 Å². The van der Waals surface area contributed by atoms with Gasteiger partial charge in [-0.05, 0) is 13.8 Å². The zero-order valence-corrected chi connectivity index (χ0v) is 13.4. The third-order valence-electron chi connectivity index (χ3n) is 4.17. The largest absolute Gasteiger partial charge is 0.402 e. The summed E-state index contributed by atoms with van der Waals surface area (Å²) < 4.78 is 3.61. The van der Waals surface area contributed by atoms with E-state index in [1.54, 1.807) is 23.8 Å². The number of nitrogens with zero attached hydrogens (tertiary/aromatic N) is 5.